The van der Waals surface area contributed by atoms with Crippen LogP contribution in [0.25, 0.3) is 0 Å². The van der Waals surface area contributed by atoms with Crippen LogP contribution in [0, 0.1) is 0 Å². The summed E-state index contributed by atoms with van der Waals surface area (Å²) in [5.74, 6) is 0.531. The van der Waals surface area contributed by atoms with Crippen molar-refractivity contribution in [1.29, 1.82) is 0 Å². The summed E-state index contributed by atoms with van der Waals surface area (Å²) in [5, 5.41) is 0. The van der Waals surface area contributed by atoms with E-state index >= 15 is 0 Å². The lowest BCUT2D eigenvalue weighted by molar-refractivity contribution is 0.413. The summed E-state index contributed by atoms with van der Waals surface area (Å²) >= 11 is 3.16. The van der Waals surface area contributed by atoms with E-state index in [1.807, 2.05) is 0 Å². The number of hydrogen-bond donors (Lipinski definition) is 0. The third kappa shape index (κ3) is 2.45. The largest absolute Gasteiger partial charge is 0.497 e. The van der Waals surface area contributed by atoms with Crippen LogP contribution in [0.1, 0.15) is 0 Å². The van der Waals surface area contributed by atoms with Crippen LogP contribution in [0.15, 0.2) is 27.6 Å². The van der Waals surface area contributed by atoms with Gasteiger partial charge in [-0.2, -0.15) is 0 Å². The predicted octanol–water partition coefficient (Wildman–Crippen LogP) is 1.86. The normalized spacial score (nSPS) is 11.3. The van der Waals surface area contributed by atoms with Crippen molar-refractivity contribution < 1.29 is 13.2 Å². The van der Waals surface area contributed by atoms with Gasteiger partial charge in [0.15, 0.2) is 9.84 Å². The number of benzene rings is 1. The Morgan fingerprint density at radius 2 is 2.00 bits per heavy atom. The molecule has 0 fully saturated rings. The van der Waals surface area contributed by atoms with Gasteiger partial charge in [0.1, 0.15) is 5.75 Å². The van der Waals surface area contributed by atoms with Crippen LogP contribution in [0.4, 0.5) is 0 Å². The van der Waals surface area contributed by atoms with Gasteiger partial charge in [-0.25, -0.2) is 8.42 Å². The van der Waals surface area contributed by atoms with Gasteiger partial charge in [0.2, 0.25) is 0 Å². The van der Waals surface area contributed by atoms with Gasteiger partial charge in [0.05, 0.1) is 12.0 Å². The molecule has 5 heteroatoms. The van der Waals surface area contributed by atoms with Crippen LogP contribution in [-0.4, -0.2) is 21.8 Å². The van der Waals surface area contributed by atoms with Crippen molar-refractivity contribution in [3.05, 3.63) is 22.7 Å². The molecule has 1 aromatic carbocycles. The quantitative estimate of drug-likeness (QED) is 0.819. The monoisotopic (exact) mass is 264 g/mol. The molecule has 0 atom stereocenters. The average molecular weight is 265 g/mol. The van der Waals surface area contributed by atoms with Crippen LogP contribution in [-0.2, 0) is 9.84 Å². The van der Waals surface area contributed by atoms with Crippen molar-refractivity contribution in [2.45, 2.75) is 4.90 Å². The van der Waals surface area contributed by atoms with Gasteiger partial charge < -0.3 is 4.74 Å². The van der Waals surface area contributed by atoms with Gasteiger partial charge in [-0.3, -0.25) is 0 Å². The molecule has 3 nitrogen and oxygen atoms in total. The predicted molar refractivity (Wildman–Crippen MR) is 53.8 cm³/mol. The number of sulfone groups is 1. The molecule has 0 aliphatic rings. The molecule has 0 heterocycles. The van der Waals surface area contributed by atoms with Crippen LogP contribution >= 0.6 is 15.9 Å². The summed E-state index contributed by atoms with van der Waals surface area (Å²) in [7, 11) is -1.70. The molecule has 0 aliphatic heterocycles. The lowest BCUT2D eigenvalue weighted by atomic mass is 10.3. The fourth-order valence-electron chi connectivity index (χ4n) is 0.895. The van der Waals surface area contributed by atoms with E-state index in [2.05, 4.69) is 15.9 Å². The number of hydrogen-bond acceptors (Lipinski definition) is 3. The molecule has 0 saturated heterocycles. The molecule has 1 aromatic rings. The van der Waals surface area contributed by atoms with E-state index < -0.39 is 9.84 Å². The molecule has 0 amide bonds. The number of ether oxygens (including phenoxy) is 1. The third-order valence-corrected chi connectivity index (χ3v) is 3.63. The van der Waals surface area contributed by atoms with Crippen LogP contribution in [0.3, 0.4) is 0 Å². The lowest BCUT2D eigenvalue weighted by Crippen LogP contribution is -1.98. The molecule has 13 heavy (non-hydrogen) atoms. The maximum Gasteiger partial charge on any atom is 0.176 e. The molecule has 0 aromatic heterocycles. The topological polar surface area (TPSA) is 43.4 Å². The molecule has 0 bridgehead atoms. The zero-order valence-corrected chi connectivity index (χ0v) is 9.65. The summed E-state index contributed by atoms with van der Waals surface area (Å²) in [4.78, 5) is 0.242. The highest BCUT2D eigenvalue weighted by Crippen LogP contribution is 2.26. The van der Waals surface area contributed by atoms with Gasteiger partial charge in [0, 0.05) is 10.7 Å². The van der Waals surface area contributed by atoms with Crippen LogP contribution < -0.4 is 4.74 Å². The molecule has 0 spiro atoms. The van der Waals surface area contributed by atoms with Crippen molar-refractivity contribution >= 4 is 25.8 Å². The lowest BCUT2D eigenvalue weighted by Gasteiger charge is -2.04. The summed E-state index contributed by atoms with van der Waals surface area (Å²) in [5.41, 5.74) is 0. The molecule has 0 aliphatic carbocycles. The Hall–Kier alpha value is -0.550. The molecule has 0 saturated carbocycles. The Balaban J connectivity index is 3.36. The highest BCUT2D eigenvalue weighted by Gasteiger charge is 2.12. The molecule has 0 N–H and O–H groups in total. The zero-order chi connectivity index (χ0) is 10.1. The van der Waals surface area contributed by atoms with Gasteiger partial charge in [-0.05, 0) is 34.1 Å². The Kier molecular flexibility index (Phi) is 2.98. The first-order valence-electron chi connectivity index (χ1n) is 3.49. The second-order valence-corrected chi connectivity index (χ2v) is 5.41. The van der Waals surface area contributed by atoms with Gasteiger partial charge >= 0.3 is 0 Å². The zero-order valence-electron chi connectivity index (χ0n) is 7.24. The van der Waals surface area contributed by atoms with E-state index in [9.17, 15) is 8.42 Å². The number of rotatable bonds is 2. The van der Waals surface area contributed by atoms with Crippen molar-refractivity contribution in [2.24, 2.45) is 0 Å². The third-order valence-electron chi connectivity index (χ3n) is 1.54. The number of methoxy groups -OCH3 is 1. The first-order valence-corrected chi connectivity index (χ1v) is 6.17. The van der Waals surface area contributed by atoms with E-state index in [0.717, 1.165) is 6.26 Å². The van der Waals surface area contributed by atoms with E-state index in [1.54, 1.807) is 12.1 Å². The van der Waals surface area contributed by atoms with Crippen molar-refractivity contribution in [3.8, 4) is 5.75 Å². The Bertz CT molecular complexity index is 411. The molecule has 1 rings (SSSR count). The first-order chi connectivity index (χ1) is 5.95. The number of halogens is 1. The summed E-state index contributed by atoms with van der Waals surface area (Å²) in [6.07, 6.45) is 1.16. The molecular formula is C8H9BrO3S. The SMILES string of the molecule is COc1ccc(Br)c(S(C)(=O)=O)c1. The molecule has 0 unspecified atom stereocenters. The van der Waals surface area contributed by atoms with Crippen molar-refractivity contribution in [2.75, 3.05) is 13.4 Å². The fourth-order valence-corrected chi connectivity index (χ4v) is 2.78. The summed E-state index contributed by atoms with van der Waals surface area (Å²) < 4.78 is 27.9. The molecule has 0 radical (unpaired) electrons. The second kappa shape index (κ2) is 3.67. The van der Waals surface area contributed by atoms with Crippen LogP contribution in [0.2, 0.25) is 0 Å². The average Bonchev–Trinajstić information content (AvgIpc) is 2.03. The minimum atomic E-state index is -3.19. The van der Waals surface area contributed by atoms with E-state index in [4.69, 9.17) is 4.74 Å². The van der Waals surface area contributed by atoms with Gasteiger partial charge in [0.25, 0.3) is 0 Å². The highest BCUT2D eigenvalue weighted by atomic mass is 79.9. The minimum Gasteiger partial charge on any atom is -0.497 e. The van der Waals surface area contributed by atoms with Gasteiger partial charge in [-0.15, -0.1) is 0 Å². The maximum absolute atomic E-state index is 11.2. The minimum absolute atomic E-state index is 0.242. The van der Waals surface area contributed by atoms with E-state index in [0.29, 0.717) is 10.2 Å². The molecular weight excluding hydrogens is 256 g/mol. The van der Waals surface area contributed by atoms with Crippen molar-refractivity contribution in [3.63, 3.8) is 0 Å². The summed E-state index contributed by atoms with van der Waals surface area (Å²) in [6, 6.07) is 4.83. The fraction of sp³-hybridized carbons (Fsp3) is 0.250. The summed E-state index contributed by atoms with van der Waals surface area (Å²) in [6.45, 7) is 0. The first kappa shape index (κ1) is 10.5. The molecule has 72 valence electrons. The van der Waals surface area contributed by atoms with Gasteiger partial charge in [-0.1, -0.05) is 0 Å². The standard InChI is InChI=1S/C8H9BrO3S/c1-12-6-3-4-7(9)8(5-6)13(2,10)11/h3-5H,1-2H3. The smallest absolute Gasteiger partial charge is 0.176 e. The van der Waals surface area contributed by atoms with E-state index in [-0.39, 0.29) is 4.90 Å². The maximum atomic E-state index is 11.2. The van der Waals surface area contributed by atoms with E-state index in [1.165, 1.54) is 13.2 Å². The highest BCUT2D eigenvalue weighted by molar-refractivity contribution is 9.10. The second-order valence-electron chi connectivity index (χ2n) is 2.57. The Morgan fingerprint density at radius 1 is 1.38 bits per heavy atom. The Morgan fingerprint density at radius 3 is 2.46 bits per heavy atom. The van der Waals surface area contributed by atoms with Crippen LogP contribution in [0.5, 0.6) is 5.75 Å². The van der Waals surface area contributed by atoms with Crippen molar-refractivity contribution in [1.82, 2.24) is 0 Å². The Labute approximate surface area is 85.8 Å².